The van der Waals surface area contributed by atoms with Crippen molar-refractivity contribution in [2.45, 2.75) is 162 Å². The number of carbonyl (C=O) groups excluding carboxylic acids is 2. The predicted octanol–water partition coefficient (Wildman–Crippen LogP) is 10.4. The lowest BCUT2D eigenvalue weighted by Crippen LogP contribution is -2.58. The van der Waals surface area contributed by atoms with Crippen LogP contribution in [0.25, 0.3) is 62.7 Å². The molecule has 2 heterocycles. The van der Waals surface area contributed by atoms with Crippen LogP contribution in [0, 0.1) is 0 Å². The number of benzene rings is 4. The van der Waals surface area contributed by atoms with Crippen molar-refractivity contribution in [3.05, 3.63) is 206 Å². The van der Waals surface area contributed by atoms with E-state index in [1.807, 2.05) is 121 Å². The second kappa shape index (κ2) is 34.2. The van der Waals surface area contributed by atoms with Gasteiger partial charge in [-0.25, -0.2) is 9.59 Å². The number of hydrogen-bond donors (Lipinski definition) is 3. The first kappa shape index (κ1) is 65.5. The van der Waals surface area contributed by atoms with Crippen LogP contribution < -0.4 is 0 Å². The van der Waals surface area contributed by atoms with Crippen molar-refractivity contribution < 1.29 is 58.1 Å². The van der Waals surface area contributed by atoms with E-state index >= 15 is 0 Å². The molecule has 87 heavy (non-hydrogen) atoms. The van der Waals surface area contributed by atoms with E-state index in [1.54, 1.807) is 0 Å². The van der Waals surface area contributed by atoms with Gasteiger partial charge in [-0.1, -0.05) is 152 Å². The van der Waals surface area contributed by atoms with Crippen LogP contribution in [0.1, 0.15) is 60.8 Å². The molecule has 2 saturated heterocycles. The van der Waals surface area contributed by atoms with Crippen LogP contribution >= 0.6 is 0 Å². The lowest BCUT2D eigenvalue weighted by Gasteiger charge is -2.44. The second-order valence-electron chi connectivity index (χ2n) is 20.7. The highest BCUT2D eigenvalue weighted by molar-refractivity contribution is 5.68. The van der Waals surface area contributed by atoms with Gasteiger partial charge in [-0.3, -0.25) is 0 Å². The summed E-state index contributed by atoms with van der Waals surface area (Å²) in [6, 6.07) is 32.1. The Morgan fingerprint density at radius 2 is 0.793 bits per heavy atom. The van der Waals surface area contributed by atoms with Gasteiger partial charge in [-0.15, -0.1) is 0 Å². The van der Waals surface area contributed by atoms with Crippen LogP contribution in [-0.2, 0) is 59.5 Å². The normalized spacial score (nSPS) is 28.1. The van der Waals surface area contributed by atoms with Crippen LogP contribution in [0.15, 0.2) is 152 Å². The Hall–Kier alpha value is -9.04. The molecule has 4 aliphatic rings. The van der Waals surface area contributed by atoms with Crippen molar-refractivity contribution in [1.29, 1.82) is 0 Å². The van der Waals surface area contributed by atoms with Gasteiger partial charge in [0.2, 0.25) is 0 Å². The number of carbonyl (C=O) groups is 2. The van der Waals surface area contributed by atoms with E-state index in [4.69, 9.17) is 55.3 Å². The van der Waals surface area contributed by atoms with Gasteiger partial charge >= 0.3 is 12.2 Å². The largest absolute Gasteiger partial charge is 0.445 e. The van der Waals surface area contributed by atoms with Gasteiger partial charge in [0, 0.05) is 49.7 Å². The van der Waals surface area contributed by atoms with E-state index in [9.17, 15) is 36.0 Å². The van der Waals surface area contributed by atoms with Gasteiger partial charge in [0.05, 0.1) is 86.0 Å². The minimum absolute atomic E-state index is 0.0504. The van der Waals surface area contributed by atoms with Crippen LogP contribution in [0.3, 0.4) is 0 Å². The minimum atomic E-state index is -1.60. The molecule has 2 aliphatic heterocycles. The van der Waals surface area contributed by atoms with Gasteiger partial charge in [0.1, 0.15) is 25.4 Å². The van der Waals surface area contributed by atoms with Gasteiger partial charge in [-0.2, -0.15) is 0 Å². The number of ether oxygens (including phenoxy) is 7. The number of nitrogens with zero attached hydrogens (tertiary/aromatic N) is 20. The molecule has 8 rings (SSSR count). The molecule has 4 aromatic carbocycles. The third-order valence-electron chi connectivity index (χ3n) is 15.0. The summed E-state index contributed by atoms with van der Waals surface area (Å²) >= 11 is 0. The lowest BCUT2D eigenvalue weighted by molar-refractivity contribution is -0.255. The summed E-state index contributed by atoms with van der Waals surface area (Å²) in [5.41, 5.74) is 57.8. The summed E-state index contributed by atoms with van der Waals surface area (Å²) in [5.74, 6) is 0. The minimum Gasteiger partial charge on any atom is -0.445 e. The molecule has 2 amide bonds. The summed E-state index contributed by atoms with van der Waals surface area (Å²) < 4.78 is 41.3. The SMILES string of the molecule is CO[C@@H]1[C@@H](O)[C@H](O[C@H]2O[C@H](CN(Cc3ccccc3)C(=O)OCc3ccccc3)CC[C@H]2N=[N+]=[N-])[C@@H](N=[N+]=[N-])C[C@H]1N=[N+]=[N-].[N-]=[N+]=N[C@H]1C[C@@H](N=[N+]=[N-])[C@H](O)[C@@H](O)[C@@H]1O[C@H]1O[C@H](CN(Cc2ccccc2)C(=O)OCc2ccccc2)CC[C@H]1N=[N+]=[N-]. The molecule has 458 valence electrons. The molecule has 0 spiro atoms. The molecule has 4 aromatic rings. The maximum atomic E-state index is 13.3. The summed E-state index contributed by atoms with van der Waals surface area (Å²) in [6.45, 7) is 0.931. The molecule has 32 heteroatoms. The van der Waals surface area contributed by atoms with Crippen LogP contribution in [-0.4, -0.2) is 155 Å². The average molecular weight is 1200 g/mol. The molecule has 2 aliphatic carbocycles. The highest BCUT2D eigenvalue weighted by atomic mass is 16.7. The van der Waals surface area contributed by atoms with E-state index in [1.165, 1.54) is 16.9 Å². The zero-order valence-electron chi connectivity index (χ0n) is 47.2. The number of rotatable bonds is 23. The van der Waals surface area contributed by atoms with E-state index in [0.717, 1.165) is 22.3 Å². The fraction of sp³-hybridized carbons (Fsp3) is 0.527. The molecule has 32 nitrogen and oxygen atoms in total. The topological polar surface area (TPSA) is 458 Å². The summed E-state index contributed by atoms with van der Waals surface area (Å²) in [6.07, 6.45) is -10.8. The maximum Gasteiger partial charge on any atom is 0.410 e. The van der Waals surface area contributed by atoms with Crippen molar-refractivity contribution in [2.75, 3.05) is 20.2 Å². The standard InChI is InChI=1S/C28H34N10O6.C27H32N10O6/c1-41-25-22(33-36-30)14-23(34-37-31)26(24(25)39)44-27-21(32-35-29)13-12-20(43-27)16-38(15-18-8-4-2-5-9-18)28(40)42-17-19-10-6-3-7-11-19;28-34-31-20-12-11-19(42-26(20)43-25-22(33-36-30)13-21(32-35-29)23(38)24(25)39)15-37(14-17-7-3-1-4-8-17)27(40)41-16-18-9-5-2-6-10-18/h2-11,20-27,39H,12-17H2,1H3;1-10,19-26,38-39H,11-16H2/t20-,21+,22+,23-,24+,25-,26+,27+;19-,20+,21+,22-,23-,24+,25+,26+/m00/s1. The van der Waals surface area contributed by atoms with Crippen molar-refractivity contribution in [2.24, 2.45) is 30.7 Å². The van der Waals surface area contributed by atoms with Crippen LogP contribution in [0.4, 0.5) is 9.59 Å². The number of azide groups is 6. The number of hydrogen-bond acceptors (Lipinski definition) is 18. The molecular weight excluding hydrogens is 1130 g/mol. The Kier molecular flexibility index (Phi) is 25.7. The van der Waals surface area contributed by atoms with Crippen molar-refractivity contribution in [3.63, 3.8) is 0 Å². The fourth-order valence-electron chi connectivity index (χ4n) is 10.7. The Morgan fingerprint density at radius 3 is 1.17 bits per heavy atom. The highest BCUT2D eigenvalue weighted by Gasteiger charge is 2.49. The van der Waals surface area contributed by atoms with Crippen molar-refractivity contribution in [1.82, 2.24) is 9.80 Å². The molecule has 2 saturated carbocycles. The monoisotopic (exact) mass is 1200 g/mol. The van der Waals surface area contributed by atoms with Gasteiger partial charge in [-0.05, 0) is 94.0 Å². The van der Waals surface area contributed by atoms with E-state index in [-0.39, 0.29) is 52.2 Å². The van der Waals surface area contributed by atoms with Gasteiger partial charge in [0.15, 0.2) is 12.6 Å². The zero-order chi connectivity index (χ0) is 61.9. The zero-order valence-corrected chi connectivity index (χ0v) is 47.2. The van der Waals surface area contributed by atoms with E-state index in [2.05, 4.69) is 60.2 Å². The summed E-state index contributed by atoms with van der Waals surface area (Å²) in [4.78, 5) is 46.6. The van der Waals surface area contributed by atoms with Crippen LogP contribution in [0.5, 0.6) is 0 Å². The van der Waals surface area contributed by atoms with Crippen LogP contribution in [0.2, 0.25) is 0 Å². The fourth-order valence-corrected chi connectivity index (χ4v) is 10.7. The van der Waals surface area contributed by atoms with E-state index in [0.29, 0.717) is 25.7 Å². The second-order valence-corrected chi connectivity index (χ2v) is 20.7. The molecule has 3 N–H and O–H groups in total. The van der Waals surface area contributed by atoms with Crippen molar-refractivity contribution in [3.8, 4) is 0 Å². The molecule has 16 atom stereocenters. The van der Waals surface area contributed by atoms with Gasteiger partial charge in [0.25, 0.3) is 0 Å². The first-order valence-electron chi connectivity index (χ1n) is 27.8. The van der Waals surface area contributed by atoms with Crippen molar-refractivity contribution >= 4 is 12.2 Å². The smallest absolute Gasteiger partial charge is 0.410 e. The molecular formula is C55H66N20O12. The first-order chi connectivity index (χ1) is 42.4. The third kappa shape index (κ3) is 19.0. The Balaban J connectivity index is 0.000000249. The summed E-state index contributed by atoms with van der Waals surface area (Å²) in [5, 5.41) is 54.7. The molecule has 0 aromatic heterocycles. The third-order valence-corrected chi connectivity index (χ3v) is 15.0. The maximum absolute atomic E-state index is 13.3. The predicted molar refractivity (Wildman–Crippen MR) is 308 cm³/mol. The number of aliphatic hydroxyl groups is 3. The molecule has 4 fully saturated rings. The van der Waals surface area contributed by atoms with E-state index < -0.39 is 110 Å². The lowest BCUT2D eigenvalue weighted by atomic mass is 9.84. The molecule has 0 unspecified atom stereocenters. The van der Waals surface area contributed by atoms with Gasteiger partial charge < -0.3 is 58.3 Å². The summed E-state index contributed by atoms with van der Waals surface area (Å²) in [7, 11) is 1.35. The highest BCUT2D eigenvalue weighted by Crippen LogP contribution is 2.35. The quantitative estimate of drug-likeness (QED) is 0.0354. The molecule has 0 bridgehead atoms. The average Bonchev–Trinajstić information content (AvgIpc) is 1.80. The number of methoxy groups -OCH3 is 1. The Morgan fingerprint density at radius 1 is 0.460 bits per heavy atom. The Labute approximate surface area is 498 Å². The first-order valence-corrected chi connectivity index (χ1v) is 27.8. The number of aliphatic hydroxyl groups excluding tert-OH is 3. The molecule has 0 radical (unpaired) electrons. The number of amides is 2. The Bertz CT molecular complexity index is 3130.